The van der Waals surface area contributed by atoms with E-state index >= 15 is 0 Å². The normalized spacial score (nSPS) is 20.3. The smallest absolute Gasteiger partial charge is 0.257 e. The summed E-state index contributed by atoms with van der Waals surface area (Å²) in [5.74, 6) is -0.184. The van der Waals surface area contributed by atoms with Gasteiger partial charge < -0.3 is 4.90 Å². The second-order valence-corrected chi connectivity index (χ2v) is 6.91. The first-order chi connectivity index (χ1) is 13.2. The Labute approximate surface area is 158 Å². The lowest BCUT2D eigenvalue weighted by Crippen LogP contribution is -2.49. The van der Waals surface area contributed by atoms with Gasteiger partial charge in [-0.1, -0.05) is 42.5 Å². The van der Waals surface area contributed by atoms with Crippen molar-refractivity contribution >= 4 is 17.8 Å². The van der Waals surface area contributed by atoms with Crippen molar-refractivity contribution in [3.63, 3.8) is 0 Å². The molecule has 140 valence electrons. The minimum Gasteiger partial charge on any atom is -0.367 e. The number of hydrazone groups is 1. The number of piperazine rings is 1. The summed E-state index contributed by atoms with van der Waals surface area (Å²) in [6, 6.07) is 16.8. The predicted molar refractivity (Wildman–Crippen MR) is 104 cm³/mol. The van der Waals surface area contributed by atoms with Gasteiger partial charge in [0.1, 0.15) is 5.82 Å². The van der Waals surface area contributed by atoms with Crippen molar-refractivity contribution in [3.05, 3.63) is 66.0 Å². The number of rotatable bonds is 4. The van der Waals surface area contributed by atoms with Crippen molar-refractivity contribution in [2.45, 2.75) is 12.5 Å². The van der Waals surface area contributed by atoms with Crippen molar-refractivity contribution in [2.75, 3.05) is 37.6 Å². The molecular formula is C21H23FN4O. The van der Waals surface area contributed by atoms with Gasteiger partial charge in [-0.2, -0.15) is 5.10 Å². The molecule has 6 heteroatoms. The van der Waals surface area contributed by atoms with E-state index in [1.54, 1.807) is 17.1 Å². The average molecular weight is 366 g/mol. The highest BCUT2D eigenvalue weighted by atomic mass is 19.1. The molecule has 0 aliphatic carbocycles. The standard InChI is InChI=1S/C21H23FN4O/c22-18-8-4-5-9-20(18)25-14-12-24(13-15-25)16-21(27)26-19(10-11-23-26)17-6-2-1-3-7-17/h1-9,11,19H,10,12-16H2/t19-/m1/s1. The molecule has 0 radical (unpaired) electrons. The second kappa shape index (κ2) is 7.88. The maximum absolute atomic E-state index is 14.0. The zero-order valence-corrected chi connectivity index (χ0v) is 15.2. The molecule has 1 amide bonds. The predicted octanol–water partition coefficient (Wildman–Crippen LogP) is 2.91. The summed E-state index contributed by atoms with van der Waals surface area (Å²) in [5, 5.41) is 5.91. The summed E-state index contributed by atoms with van der Waals surface area (Å²) in [4.78, 5) is 17.0. The van der Waals surface area contributed by atoms with E-state index < -0.39 is 0 Å². The lowest BCUT2D eigenvalue weighted by Gasteiger charge is -2.36. The molecule has 2 aliphatic rings. The van der Waals surface area contributed by atoms with Crippen molar-refractivity contribution in [3.8, 4) is 0 Å². The Morgan fingerprint density at radius 3 is 2.44 bits per heavy atom. The fourth-order valence-corrected chi connectivity index (χ4v) is 3.72. The number of carbonyl (C=O) groups excluding carboxylic acids is 1. The largest absolute Gasteiger partial charge is 0.367 e. The molecule has 4 rings (SSSR count). The van der Waals surface area contributed by atoms with Crippen LogP contribution in [0.25, 0.3) is 0 Å². The zero-order valence-electron chi connectivity index (χ0n) is 15.2. The SMILES string of the molecule is O=C(CN1CCN(c2ccccc2F)CC1)N1N=CC[C@@H]1c1ccccc1. The summed E-state index contributed by atoms with van der Waals surface area (Å²) in [6.07, 6.45) is 2.56. The van der Waals surface area contributed by atoms with E-state index in [4.69, 9.17) is 0 Å². The Morgan fingerprint density at radius 2 is 1.70 bits per heavy atom. The monoisotopic (exact) mass is 366 g/mol. The summed E-state index contributed by atoms with van der Waals surface area (Å²) in [5.41, 5.74) is 1.74. The molecular weight excluding hydrogens is 343 g/mol. The number of amides is 1. The fraction of sp³-hybridized carbons (Fsp3) is 0.333. The van der Waals surface area contributed by atoms with E-state index in [9.17, 15) is 9.18 Å². The average Bonchev–Trinajstić information content (AvgIpc) is 3.20. The third kappa shape index (κ3) is 3.85. The van der Waals surface area contributed by atoms with Crippen LogP contribution in [0.4, 0.5) is 10.1 Å². The van der Waals surface area contributed by atoms with E-state index in [0.717, 1.165) is 25.1 Å². The molecule has 0 unspecified atom stereocenters. The fourth-order valence-electron chi connectivity index (χ4n) is 3.72. The molecule has 0 saturated carbocycles. The first-order valence-corrected chi connectivity index (χ1v) is 9.33. The molecule has 5 nitrogen and oxygen atoms in total. The Bertz CT molecular complexity index is 818. The van der Waals surface area contributed by atoms with E-state index in [-0.39, 0.29) is 17.8 Å². The van der Waals surface area contributed by atoms with Crippen LogP contribution in [0.2, 0.25) is 0 Å². The quantitative estimate of drug-likeness (QED) is 0.835. The van der Waals surface area contributed by atoms with Crippen LogP contribution in [-0.2, 0) is 4.79 Å². The van der Waals surface area contributed by atoms with Gasteiger partial charge in [-0.25, -0.2) is 9.40 Å². The van der Waals surface area contributed by atoms with Crippen LogP contribution in [0.15, 0.2) is 59.7 Å². The number of nitrogens with zero attached hydrogens (tertiary/aromatic N) is 4. The van der Waals surface area contributed by atoms with Crippen LogP contribution in [0.5, 0.6) is 0 Å². The van der Waals surface area contributed by atoms with Gasteiger partial charge in [-0.05, 0) is 17.7 Å². The molecule has 2 heterocycles. The summed E-state index contributed by atoms with van der Waals surface area (Å²) in [6.45, 7) is 3.21. The van der Waals surface area contributed by atoms with Crippen LogP contribution in [0.3, 0.4) is 0 Å². The maximum Gasteiger partial charge on any atom is 0.257 e. The molecule has 1 fully saturated rings. The first-order valence-electron chi connectivity index (χ1n) is 9.33. The lowest BCUT2D eigenvalue weighted by atomic mass is 10.0. The van der Waals surface area contributed by atoms with Crippen LogP contribution in [0.1, 0.15) is 18.0 Å². The van der Waals surface area contributed by atoms with Gasteiger partial charge in [0.15, 0.2) is 0 Å². The number of hydrogen-bond donors (Lipinski definition) is 0. The van der Waals surface area contributed by atoms with E-state index in [0.29, 0.717) is 25.3 Å². The van der Waals surface area contributed by atoms with Gasteiger partial charge >= 0.3 is 0 Å². The lowest BCUT2D eigenvalue weighted by molar-refractivity contribution is -0.134. The van der Waals surface area contributed by atoms with Gasteiger partial charge in [0.05, 0.1) is 18.3 Å². The van der Waals surface area contributed by atoms with Gasteiger partial charge in [-0.3, -0.25) is 9.69 Å². The van der Waals surface area contributed by atoms with Gasteiger partial charge in [0.2, 0.25) is 0 Å². The Hall–Kier alpha value is -2.73. The highest BCUT2D eigenvalue weighted by molar-refractivity contribution is 5.81. The van der Waals surface area contributed by atoms with Crippen LogP contribution < -0.4 is 4.90 Å². The second-order valence-electron chi connectivity index (χ2n) is 6.91. The van der Waals surface area contributed by atoms with Gasteiger partial charge in [-0.15, -0.1) is 0 Å². The molecule has 2 aromatic rings. The Kier molecular flexibility index (Phi) is 5.16. The number of halogens is 1. The van der Waals surface area contributed by atoms with E-state index in [1.165, 1.54) is 6.07 Å². The van der Waals surface area contributed by atoms with Crippen molar-refractivity contribution in [2.24, 2.45) is 5.10 Å². The molecule has 0 bridgehead atoms. The topological polar surface area (TPSA) is 39.2 Å². The zero-order chi connectivity index (χ0) is 18.6. The number of carbonyl (C=O) groups is 1. The first kappa shape index (κ1) is 17.7. The highest BCUT2D eigenvalue weighted by Crippen LogP contribution is 2.28. The summed E-state index contributed by atoms with van der Waals surface area (Å²) in [7, 11) is 0. The van der Waals surface area contributed by atoms with Crippen LogP contribution >= 0.6 is 0 Å². The summed E-state index contributed by atoms with van der Waals surface area (Å²) < 4.78 is 14.0. The molecule has 0 spiro atoms. The number of benzene rings is 2. The van der Waals surface area contributed by atoms with E-state index in [1.807, 2.05) is 47.5 Å². The highest BCUT2D eigenvalue weighted by Gasteiger charge is 2.30. The number of anilines is 1. The van der Waals surface area contributed by atoms with Gasteiger partial charge in [0.25, 0.3) is 5.91 Å². The molecule has 1 saturated heterocycles. The molecule has 27 heavy (non-hydrogen) atoms. The Morgan fingerprint density at radius 1 is 1.00 bits per heavy atom. The molecule has 1 atom stereocenters. The molecule has 0 N–H and O–H groups in total. The molecule has 0 aromatic heterocycles. The maximum atomic E-state index is 14.0. The third-order valence-electron chi connectivity index (χ3n) is 5.19. The minimum absolute atomic E-state index is 0.0111. The number of hydrogen-bond acceptors (Lipinski definition) is 4. The van der Waals surface area contributed by atoms with Crippen molar-refractivity contribution in [1.29, 1.82) is 0 Å². The Balaban J connectivity index is 1.34. The molecule has 2 aliphatic heterocycles. The van der Waals surface area contributed by atoms with E-state index in [2.05, 4.69) is 10.0 Å². The van der Waals surface area contributed by atoms with Crippen molar-refractivity contribution < 1.29 is 9.18 Å². The van der Waals surface area contributed by atoms with Gasteiger partial charge in [0, 0.05) is 38.8 Å². The van der Waals surface area contributed by atoms with Crippen molar-refractivity contribution in [1.82, 2.24) is 9.91 Å². The molecule has 2 aromatic carbocycles. The van der Waals surface area contributed by atoms with Crippen LogP contribution in [0, 0.1) is 5.82 Å². The number of para-hydroxylation sites is 1. The summed E-state index contributed by atoms with van der Waals surface area (Å²) >= 11 is 0. The minimum atomic E-state index is -0.195. The third-order valence-corrected chi connectivity index (χ3v) is 5.19. The van der Waals surface area contributed by atoms with Crippen LogP contribution in [-0.4, -0.2) is 54.8 Å².